The number of fused-ring (bicyclic) bond motifs is 1. The molecule has 3 aliphatic rings. The van der Waals surface area contributed by atoms with Gasteiger partial charge in [0, 0.05) is 30.2 Å². The molecule has 30 heavy (non-hydrogen) atoms. The summed E-state index contributed by atoms with van der Waals surface area (Å²) in [5, 5.41) is -0.202. The van der Waals surface area contributed by atoms with Gasteiger partial charge in [-0.15, -0.1) is 0 Å². The van der Waals surface area contributed by atoms with E-state index in [1.165, 1.54) is 0 Å². The van der Waals surface area contributed by atoms with Crippen molar-refractivity contribution in [3.63, 3.8) is 0 Å². The van der Waals surface area contributed by atoms with E-state index in [0.717, 1.165) is 22.6 Å². The number of rotatable bonds is 3. The fraction of sp³-hybridized carbons (Fsp3) is 0.476. The van der Waals surface area contributed by atoms with Gasteiger partial charge in [0.25, 0.3) is 0 Å². The maximum Gasteiger partial charge on any atom is 0.162 e. The molecule has 0 amide bonds. The van der Waals surface area contributed by atoms with E-state index in [-0.39, 0.29) is 11.8 Å². The molecule has 0 radical (unpaired) electrons. The zero-order valence-corrected chi connectivity index (χ0v) is 18.3. The predicted octanol–water partition coefficient (Wildman–Crippen LogP) is 3.24. The van der Waals surface area contributed by atoms with Gasteiger partial charge in [0.2, 0.25) is 0 Å². The number of hydrogen-bond donors (Lipinski definition) is 0. The summed E-state index contributed by atoms with van der Waals surface area (Å²) < 4.78 is 30.9. The second kappa shape index (κ2) is 7.59. The molecule has 7 nitrogen and oxygen atoms in total. The lowest BCUT2D eigenvalue weighted by Gasteiger charge is -2.34. The van der Waals surface area contributed by atoms with Crippen LogP contribution in [0.1, 0.15) is 42.0 Å². The molecule has 158 valence electrons. The van der Waals surface area contributed by atoms with Gasteiger partial charge in [0.05, 0.1) is 36.4 Å². The Hall–Kier alpha value is -2.03. The third-order valence-corrected chi connectivity index (χ3v) is 8.39. The van der Waals surface area contributed by atoms with Crippen molar-refractivity contribution in [1.29, 1.82) is 0 Å². The molecule has 4 heterocycles. The average Bonchev–Trinajstić information content (AvgIpc) is 3.32. The van der Waals surface area contributed by atoms with E-state index in [2.05, 4.69) is 16.8 Å². The summed E-state index contributed by atoms with van der Waals surface area (Å²) in [6, 6.07) is 3.75. The van der Waals surface area contributed by atoms with Crippen molar-refractivity contribution >= 4 is 33.3 Å². The Morgan fingerprint density at radius 3 is 2.87 bits per heavy atom. The van der Waals surface area contributed by atoms with Gasteiger partial charge in [-0.2, -0.15) is 0 Å². The van der Waals surface area contributed by atoms with Crippen LogP contribution < -0.4 is 4.90 Å². The average molecular weight is 447 g/mol. The zero-order valence-electron chi connectivity index (χ0n) is 16.7. The van der Waals surface area contributed by atoms with E-state index in [9.17, 15) is 8.42 Å². The van der Waals surface area contributed by atoms with E-state index in [1.54, 1.807) is 6.07 Å². The molecule has 1 unspecified atom stereocenters. The number of hydrogen-bond acceptors (Lipinski definition) is 7. The summed E-state index contributed by atoms with van der Waals surface area (Å²) in [5.74, 6) is 1.44. The second-order valence-electron chi connectivity index (χ2n) is 8.05. The van der Waals surface area contributed by atoms with Crippen molar-refractivity contribution in [1.82, 2.24) is 15.0 Å². The number of allylic oxidation sites excluding steroid dienone is 1. The largest absolute Gasteiger partial charge is 0.377 e. The van der Waals surface area contributed by atoms with Crippen LogP contribution >= 0.6 is 11.6 Å². The molecule has 2 aromatic heterocycles. The van der Waals surface area contributed by atoms with Crippen molar-refractivity contribution in [3.05, 3.63) is 40.3 Å². The summed E-state index contributed by atoms with van der Waals surface area (Å²) in [6.45, 7) is 4.00. The number of aromatic nitrogens is 3. The lowest BCUT2D eigenvalue weighted by atomic mass is 10.1. The van der Waals surface area contributed by atoms with Crippen LogP contribution in [0.5, 0.6) is 0 Å². The van der Waals surface area contributed by atoms with Crippen LogP contribution in [0.4, 0.5) is 5.82 Å². The molecule has 5 rings (SSSR count). The van der Waals surface area contributed by atoms with Gasteiger partial charge in [-0.25, -0.2) is 23.4 Å². The van der Waals surface area contributed by atoms with Gasteiger partial charge in [-0.1, -0.05) is 23.8 Å². The lowest BCUT2D eigenvalue weighted by Crippen LogP contribution is -2.44. The number of sulfone groups is 1. The number of morpholine rings is 1. The van der Waals surface area contributed by atoms with Gasteiger partial charge >= 0.3 is 0 Å². The molecule has 2 aliphatic heterocycles. The maximum atomic E-state index is 12.7. The summed E-state index contributed by atoms with van der Waals surface area (Å²) in [5.41, 5.74) is 3.20. The van der Waals surface area contributed by atoms with E-state index in [0.29, 0.717) is 55.7 Å². The van der Waals surface area contributed by atoms with E-state index in [4.69, 9.17) is 26.3 Å². The molecule has 1 aliphatic carbocycles. The van der Waals surface area contributed by atoms with Crippen LogP contribution in [0.2, 0.25) is 5.15 Å². The first kappa shape index (κ1) is 19.9. The Balaban J connectivity index is 1.69. The minimum absolute atomic E-state index is 0.140. The number of anilines is 1. The minimum Gasteiger partial charge on any atom is -0.377 e. The predicted molar refractivity (Wildman–Crippen MR) is 116 cm³/mol. The van der Waals surface area contributed by atoms with Crippen molar-refractivity contribution in [3.8, 4) is 11.4 Å². The molecule has 2 aromatic rings. The van der Waals surface area contributed by atoms with E-state index in [1.807, 2.05) is 18.2 Å². The monoisotopic (exact) mass is 446 g/mol. The summed E-state index contributed by atoms with van der Waals surface area (Å²) in [6.07, 6.45) is 6.01. The van der Waals surface area contributed by atoms with Crippen molar-refractivity contribution in [2.24, 2.45) is 0 Å². The van der Waals surface area contributed by atoms with Crippen LogP contribution in [0.15, 0.2) is 18.2 Å². The number of nitrogens with zero attached hydrogens (tertiary/aromatic N) is 4. The molecule has 0 aromatic carbocycles. The lowest BCUT2D eigenvalue weighted by molar-refractivity contribution is 0.0985. The summed E-state index contributed by atoms with van der Waals surface area (Å²) >= 11 is 6.28. The molecule has 0 bridgehead atoms. The van der Waals surface area contributed by atoms with Crippen molar-refractivity contribution < 1.29 is 13.2 Å². The molecule has 2 atom stereocenters. The molecular formula is C21H23ClN4O3S. The van der Waals surface area contributed by atoms with Gasteiger partial charge in [-0.3, -0.25) is 0 Å². The van der Waals surface area contributed by atoms with Gasteiger partial charge in [0.15, 0.2) is 15.7 Å². The molecule has 9 heteroatoms. The van der Waals surface area contributed by atoms with Gasteiger partial charge < -0.3 is 9.64 Å². The van der Waals surface area contributed by atoms with Gasteiger partial charge in [-0.05, 0) is 25.8 Å². The first-order valence-electron chi connectivity index (χ1n) is 10.2. The highest BCUT2D eigenvalue weighted by atomic mass is 35.5. The number of halogens is 1. The highest BCUT2D eigenvalue weighted by Crippen LogP contribution is 2.38. The smallest absolute Gasteiger partial charge is 0.162 e. The Labute approximate surface area is 181 Å². The molecule has 2 saturated heterocycles. The molecule has 0 spiro atoms. The Morgan fingerprint density at radius 2 is 2.10 bits per heavy atom. The van der Waals surface area contributed by atoms with Crippen LogP contribution in [-0.2, 0) is 21.0 Å². The standard InChI is InChI=1S/C21H23ClN4O3S/c1-13-12-29-8-7-26(13)20-11-17(18-6-3-9-30(18,27)28)24-21(25-20)15-10-19(22)23-16-5-2-4-14(15)16/h2,4,10-11,13,18H,3,5-9,12H2,1H3/t13-,18?/m1/s1. The minimum atomic E-state index is -3.21. The second-order valence-corrected chi connectivity index (χ2v) is 10.7. The molecule has 0 saturated carbocycles. The van der Waals surface area contributed by atoms with Crippen LogP contribution in [0, 0.1) is 0 Å². The Kier molecular flexibility index (Phi) is 5.03. The third-order valence-electron chi connectivity index (χ3n) is 6.00. The van der Waals surface area contributed by atoms with Crippen LogP contribution in [0.25, 0.3) is 17.5 Å². The topological polar surface area (TPSA) is 85.3 Å². The zero-order chi connectivity index (χ0) is 20.9. The van der Waals surface area contributed by atoms with Crippen LogP contribution in [-0.4, -0.2) is 54.9 Å². The number of ether oxygens (including phenoxy) is 1. The third kappa shape index (κ3) is 3.50. The fourth-order valence-corrected chi connectivity index (χ4v) is 6.54. The Morgan fingerprint density at radius 1 is 1.23 bits per heavy atom. The Bertz CT molecular complexity index is 1140. The first-order valence-corrected chi connectivity index (χ1v) is 12.3. The fourth-order valence-electron chi connectivity index (χ4n) is 4.46. The van der Waals surface area contributed by atoms with E-state index < -0.39 is 15.1 Å². The molecule has 2 fully saturated rings. The number of pyridine rings is 1. The highest BCUT2D eigenvalue weighted by Gasteiger charge is 2.35. The quantitative estimate of drug-likeness (QED) is 0.669. The summed E-state index contributed by atoms with van der Waals surface area (Å²) in [4.78, 5) is 16.2. The van der Waals surface area contributed by atoms with Crippen molar-refractivity contribution in [2.75, 3.05) is 30.4 Å². The molecular weight excluding hydrogens is 424 g/mol. The van der Waals surface area contributed by atoms with Crippen LogP contribution in [0.3, 0.4) is 0 Å². The molecule has 0 N–H and O–H groups in total. The maximum absolute atomic E-state index is 12.7. The highest BCUT2D eigenvalue weighted by molar-refractivity contribution is 7.91. The van der Waals surface area contributed by atoms with E-state index >= 15 is 0 Å². The first-order chi connectivity index (χ1) is 14.4. The van der Waals surface area contributed by atoms with Crippen molar-refractivity contribution in [2.45, 2.75) is 37.5 Å². The van der Waals surface area contributed by atoms with Gasteiger partial charge in [0.1, 0.15) is 16.2 Å². The SMILES string of the molecule is C[C@@H]1COCCN1c1cc(C2CCCS2(=O)=O)nc(-c2cc(Cl)nc3c2C=CC3)n1. The summed E-state index contributed by atoms with van der Waals surface area (Å²) in [7, 11) is -3.21. The normalized spacial score (nSPS) is 24.9.